The van der Waals surface area contributed by atoms with E-state index in [4.69, 9.17) is 0 Å². The van der Waals surface area contributed by atoms with E-state index in [1.807, 2.05) is 6.20 Å². The number of amides is 1. The standard InChI is InChI=1S/C19H29N5O/c1-22-10-2-4-16(22)17-5-3-11-24(17)19(25)15-6-12-23(13-7-15)18-14-20-8-9-21-18/h8-9,14-17H,2-7,10-13H2,1H3/t16-,17-/m0/s1. The number of carbonyl (C=O) groups is 1. The first-order valence-electron chi connectivity index (χ1n) is 9.76. The Hall–Kier alpha value is -1.69. The zero-order valence-electron chi connectivity index (χ0n) is 15.2. The number of hydrogen-bond acceptors (Lipinski definition) is 5. The predicted octanol–water partition coefficient (Wildman–Crippen LogP) is 1.78. The van der Waals surface area contributed by atoms with Crippen LogP contribution >= 0.6 is 0 Å². The van der Waals surface area contributed by atoms with Gasteiger partial charge < -0.3 is 14.7 Å². The second-order valence-corrected chi connectivity index (χ2v) is 7.76. The average molecular weight is 343 g/mol. The number of aromatic nitrogens is 2. The highest BCUT2D eigenvalue weighted by atomic mass is 16.2. The molecule has 3 fully saturated rings. The summed E-state index contributed by atoms with van der Waals surface area (Å²) in [7, 11) is 2.22. The van der Waals surface area contributed by atoms with Gasteiger partial charge in [0.1, 0.15) is 5.82 Å². The summed E-state index contributed by atoms with van der Waals surface area (Å²) >= 11 is 0. The Balaban J connectivity index is 1.37. The number of rotatable bonds is 3. The maximum absolute atomic E-state index is 13.2. The fourth-order valence-electron chi connectivity index (χ4n) is 4.93. The number of likely N-dealkylation sites (tertiary alicyclic amines) is 2. The number of anilines is 1. The third kappa shape index (κ3) is 3.36. The lowest BCUT2D eigenvalue weighted by molar-refractivity contribution is -0.138. The molecule has 0 aromatic carbocycles. The molecule has 2 atom stereocenters. The normalized spacial score (nSPS) is 28.7. The quantitative estimate of drug-likeness (QED) is 0.837. The molecule has 3 aliphatic heterocycles. The summed E-state index contributed by atoms with van der Waals surface area (Å²) in [5, 5.41) is 0. The van der Waals surface area contributed by atoms with E-state index >= 15 is 0 Å². The lowest BCUT2D eigenvalue weighted by Crippen LogP contribution is -2.50. The molecule has 0 aliphatic carbocycles. The Labute approximate surface area is 150 Å². The van der Waals surface area contributed by atoms with Gasteiger partial charge in [-0.05, 0) is 52.1 Å². The molecular weight excluding hydrogens is 314 g/mol. The second kappa shape index (κ2) is 7.28. The van der Waals surface area contributed by atoms with Gasteiger partial charge in [0.25, 0.3) is 0 Å². The smallest absolute Gasteiger partial charge is 0.226 e. The predicted molar refractivity (Wildman–Crippen MR) is 97.4 cm³/mol. The molecule has 6 heteroatoms. The molecule has 6 nitrogen and oxygen atoms in total. The van der Waals surface area contributed by atoms with Gasteiger partial charge in [-0.15, -0.1) is 0 Å². The molecule has 0 spiro atoms. The maximum atomic E-state index is 13.2. The van der Waals surface area contributed by atoms with E-state index in [0.717, 1.165) is 38.3 Å². The van der Waals surface area contributed by atoms with Crippen molar-refractivity contribution in [2.75, 3.05) is 38.1 Å². The summed E-state index contributed by atoms with van der Waals surface area (Å²) in [4.78, 5) is 28.7. The minimum absolute atomic E-state index is 0.181. The zero-order valence-corrected chi connectivity index (χ0v) is 15.2. The number of hydrogen-bond donors (Lipinski definition) is 0. The first kappa shape index (κ1) is 16.8. The molecule has 3 aliphatic rings. The van der Waals surface area contributed by atoms with Crippen molar-refractivity contribution in [2.45, 2.75) is 50.6 Å². The van der Waals surface area contributed by atoms with Gasteiger partial charge in [0.15, 0.2) is 0 Å². The average Bonchev–Trinajstić information content (AvgIpc) is 3.30. The van der Waals surface area contributed by atoms with Gasteiger partial charge in [0, 0.05) is 50.0 Å². The molecule has 4 rings (SSSR count). The number of nitrogens with zero attached hydrogens (tertiary/aromatic N) is 5. The third-order valence-electron chi connectivity index (χ3n) is 6.32. The van der Waals surface area contributed by atoms with E-state index in [9.17, 15) is 4.79 Å². The van der Waals surface area contributed by atoms with Crippen LogP contribution in [0.15, 0.2) is 18.6 Å². The van der Waals surface area contributed by atoms with Crippen molar-refractivity contribution < 1.29 is 4.79 Å². The van der Waals surface area contributed by atoms with Crippen LogP contribution in [0.5, 0.6) is 0 Å². The van der Waals surface area contributed by atoms with Crippen LogP contribution in [0, 0.1) is 5.92 Å². The van der Waals surface area contributed by atoms with Crippen molar-refractivity contribution >= 4 is 11.7 Å². The molecule has 1 aromatic heterocycles. The van der Waals surface area contributed by atoms with E-state index in [-0.39, 0.29) is 5.92 Å². The van der Waals surface area contributed by atoms with Gasteiger partial charge >= 0.3 is 0 Å². The van der Waals surface area contributed by atoms with Crippen molar-refractivity contribution in [3.63, 3.8) is 0 Å². The number of piperidine rings is 1. The first-order chi connectivity index (χ1) is 12.2. The van der Waals surface area contributed by atoms with E-state index < -0.39 is 0 Å². The van der Waals surface area contributed by atoms with Crippen molar-refractivity contribution in [3.8, 4) is 0 Å². The van der Waals surface area contributed by atoms with Crippen molar-refractivity contribution in [1.29, 1.82) is 0 Å². The van der Waals surface area contributed by atoms with Gasteiger partial charge in [-0.1, -0.05) is 0 Å². The highest BCUT2D eigenvalue weighted by Crippen LogP contribution is 2.32. The molecule has 0 bridgehead atoms. The monoisotopic (exact) mass is 343 g/mol. The minimum Gasteiger partial charge on any atom is -0.355 e. The van der Waals surface area contributed by atoms with Gasteiger partial charge in [0.2, 0.25) is 5.91 Å². The molecule has 1 aromatic rings. The molecule has 0 radical (unpaired) electrons. The molecule has 3 saturated heterocycles. The number of carbonyl (C=O) groups excluding carboxylic acids is 1. The van der Waals surface area contributed by atoms with Crippen LogP contribution in [0.3, 0.4) is 0 Å². The number of likely N-dealkylation sites (N-methyl/N-ethyl adjacent to an activating group) is 1. The molecule has 1 amide bonds. The molecule has 4 heterocycles. The molecule has 136 valence electrons. The van der Waals surface area contributed by atoms with Crippen LogP contribution in [-0.2, 0) is 4.79 Å². The third-order valence-corrected chi connectivity index (χ3v) is 6.32. The van der Waals surface area contributed by atoms with Crippen molar-refractivity contribution in [1.82, 2.24) is 19.8 Å². The largest absolute Gasteiger partial charge is 0.355 e. The van der Waals surface area contributed by atoms with Crippen LogP contribution in [0.25, 0.3) is 0 Å². The fraction of sp³-hybridized carbons (Fsp3) is 0.737. The van der Waals surface area contributed by atoms with E-state index in [0.29, 0.717) is 18.0 Å². The van der Waals surface area contributed by atoms with E-state index in [1.54, 1.807) is 12.4 Å². The topological polar surface area (TPSA) is 52.6 Å². The Bertz CT molecular complexity index is 587. The van der Waals surface area contributed by atoms with Gasteiger partial charge in [-0.3, -0.25) is 9.78 Å². The van der Waals surface area contributed by atoms with Crippen molar-refractivity contribution in [3.05, 3.63) is 18.6 Å². The highest BCUT2D eigenvalue weighted by molar-refractivity contribution is 5.80. The minimum atomic E-state index is 0.181. The van der Waals surface area contributed by atoms with Gasteiger partial charge in [0.05, 0.1) is 6.20 Å². The van der Waals surface area contributed by atoms with Gasteiger partial charge in [-0.25, -0.2) is 4.98 Å². The Morgan fingerprint density at radius 1 is 1.00 bits per heavy atom. The highest BCUT2D eigenvalue weighted by Gasteiger charge is 2.40. The Morgan fingerprint density at radius 3 is 2.44 bits per heavy atom. The van der Waals surface area contributed by atoms with E-state index in [1.165, 1.54) is 32.2 Å². The second-order valence-electron chi connectivity index (χ2n) is 7.76. The van der Waals surface area contributed by atoms with Crippen LogP contribution in [0.1, 0.15) is 38.5 Å². The summed E-state index contributed by atoms with van der Waals surface area (Å²) in [5.41, 5.74) is 0. The van der Waals surface area contributed by atoms with Crippen LogP contribution in [0.4, 0.5) is 5.82 Å². The molecule has 0 saturated carbocycles. The van der Waals surface area contributed by atoms with E-state index in [2.05, 4.69) is 31.7 Å². The van der Waals surface area contributed by atoms with Crippen LogP contribution < -0.4 is 4.90 Å². The summed E-state index contributed by atoms with van der Waals surface area (Å²) in [5.74, 6) is 1.52. The summed E-state index contributed by atoms with van der Waals surface area (Å²) in [6.45, 7) is 3.94. The van der Waals surface area contributed by atoms with Crippen LogP contribution in [0.2, 0.25) is 0 Å². The maximum Gasteiger partial charge on any atom is 0.226 e. The lowest BCUT2D eigenvalue weighted by Gasteiger charge is -2.38. The summed E-state index contributed by atoms with van der Waals surface area (Å²) < 4.78 is 0. The van der Waals surface area contributed by atoms with Crippen molar-refractivity contribution in [2.24, 2.45) is 5.92 Å². The Kier molecular flexibility index (Phi) is 4.88. The Morgan fingerprint density at radius 2 is 1.76 bits per heavy atom. The molecule has 25 heavy (non-hydrogen) atoms. The first-order valence-corrected chi connectivity index (χ1v) is 9.76. The van der Waals surface area contributed by atoms with Gasteiger partial charge in [-0.2, -0.15) is 0 Å². The lowest BCUT2D eigenvalue weighted by atomic mass is 9.94. The zero-order chi connectivity index (χ0) is 17.2. The van der Waals surface area contributed by atoms with Crippen LogP contribution in [-0.4, -0.2) is 71.0 Å². The SMILES string of the molecule is CN1CCC[C@H]1[C@@H]1CCCN1C(=O)C1CCN(c2cnccn2)CC1. The summed E-state index contributed by atoms with van der Waals surface area (Å²) in [6.07, 6.45) is 12.0. The molecule has 0 unspecified atom stereocenters. The fourth-order valence-corrected chi connectivity index (χ4v) is 4.93. The molecular formula is C19H29N5O. The summed E-state index contributed by atoms with van der Waals surface area (Å²) in [6, 6.07) is 1.02. The molecule has 0 N–H and O–H groups in total.